The number of nitrogens with zero attached hydrogens (tertiary/aromatic N) is 3. The van der Waals surface area contributed by atoms with Crippen molar-refractivity contribution in [3.05, 3.63) is 88.9 Å². The van der Waals surface area contributed by atoms with Crippen molar-refractivity contribution < 1.29 is 9.53 Å². The van der Waals surface area contributed by atoms with Gasteiger partial charge in [-0.15, -0.1) is 10.2 Å². The third kappa shape index (κ3) is 4.65. The minimum atomic E-state index is -0.0334. The second-order valence-corrected chi connectivity index (χ2v) is 8.28. The van der Waals surface area contributed by atoms with E-state index in [0.29, 0.717) is 27.3 Å². The number of aryl methyl sites for hydroxylation is 1. The van der Waals surface area contributed by atoms with E-state index in [9.17, 15) is 4.79 Å². The second kappa shape index (κ2) is 9.37. The maximum atomic E-state index is 12.8. The lowest BCUT2D eigenvalue weighted by molar-refractivity contribution is 0.101. The number of benzene rings is 3. The van der Waals surface area contributed by atoms with Crippen molar-refractivity contribution in [2.45, 2.75) is 12.1 Å². The molecular weight excluding hydrogens is 430 g/mol. The Morgan fingerprint density at radius 2 is 1.71 bits per heavy atom. The summed E-state index contributed by atoms with van der Waals surface area (Å²) in [6.07, 6.45) is 0. The van der Waals surface area contributed by atoms with Crippen LogP contribution < -0.4 is 4.74 Å². The molecule has 0 saturated carbocycles. The molecule has 1 heterocycles. The van der Waals surface area contributed by atoms with Gasteiger partial charge < -0.3 is 4.74 Å². The van der Waals surface area contributed by atoms with Gasteiger partial charge in [-0.3, -0.25) is 9.36 Å². The van der Waals surface area contributed by atoms with Gasteiger partial charge in [-0.1, -0.05) is 53.2 Å². The first kappa shape index (κ1) is 21.2. The Morgan fingerprint density at radius 3 is 2.42 bits per heavy atom. The SMILES string of the molecule is COc1ccccc1C(=O)CSc1nnc(-c2ccc(Cl)cc2)n1-c1ccc(C)cc1. The third-order valence-electron chi connectivity index (χ3n) is 4.77. The van der Waals surface area contributed by atoms with Gasteiger partial charge in [0.15, 0.2) is 16.8 Å². The van der Waals surface area contributed by atoms with E-state index in [0.717, 1.165) is 16.8 Å². The average Bonchev–Trinajstić information content (AvgIpc) is 3.22. The molecule has 7 heteroatoms. The topological polar surface area (TPSA) is 57.0 Å². The molecule has 4 rings (SSSR count). The fourth-order valence-corrected chi connectivity index (χ4v) is 4.12. The van der Waals surface area contributed by atoms with Crippen molar-refractivity contribution in [3.8, 4) is 22.8 Å². The third-order valence-corrected chi connectivity index (χ3v) is 5.95. The van der Waals surface area contributed by atoms with E-state index in [1.54, 1.807) is 19.2 Å². The highest BCUT2D eigenvalue weighted by Gasteiger charge is 2.19. The number of Topliss-reactive ketones (excluding diaryl/α,β-unsaturated/α-hetero) is 1. The van der Waals surface area contributed by atoms with Crippen molar-refractivity contribution in [2.24, 2.45) is 0 Å². The zero-order valence-electron chi connectivity index (χ0n) is 17.1. The molecule has 0 atom stereocenters. The summed E-state index contributed by atoms with van der Waals surface area (Å²) in [5, 5.41) is 10.1. The minimum absolute atomic E-state index is 0.0334. The van der Waals surface area contributed by atoms with Gasteiger partial charge in [-0.25, -0.2) is 0 Å². The number of methoxy groups -OCH3 is 1. The molecular formula is C24H20ClN3O2S. The van der Waals surface area contributed by atoms with Crippen molar-refractivity contribution in [1.29, 1.82) is 0 Å². The first-order valence-corrected chi connectivity index (χ1v) is 11.0. The van der Waals surface area contributed by atoms with E-state index in [2.05, 4.69) is 10.2 Å². The van der Waals surface area contributed by atoms with Crippen LogP contribution in [0.15, 0.2) is 78.0 Å². The summed E-state index contributed by atoms with van der Waals surface area (Å²) in [5.74, 6) is 1.43. The Hall–Kier alpha value is -3.09. The highest BCUT2D eigenvalue weighted by Crippen LogP contribution is 2.30. The molecule has 0 aliphatic rings. The average molecular weight is 450 g/mol. The van der Waals surface area contributed by atoms with E-state index in [1.165, 1.54) is 11.8 Å². The molecule has 0 radical (unpaired) electrons. The number of carbonyl (C=O) groups is 1. The Labute approximate surface area is 190 Å². The maximum absolute atomic E-state index is 12.8. The highest BCUT2D eigenvalue weighted by molar-refractivity contribution is 7.99. The van der Waals surface area contributed by atoms with Crippen LogP contribution in [0.5, 0.6) is 5.75 Å². The summed E-state index contributed by atoms with van der Waals surface area (Å²) in [5.41, 5.74) is 3.52. The maximum Gasteiger partial charge on any atom is 0.196 e. The Kier molecular flexibility index (Phi) is 6.39. The molecule has 0 saturated heterocycles. The molecule has 0 aliphatic carbocycles. The van der Waals surface area contributed by atoms with Crippen LogP contribution in [-0.4, -0.2) is 33.4 Å². The molecule has 0 unspecified atom stereocenters. The zero-order chi connectivity index (χ0) is 21.8. The minimum Gasteiger partial charge on any atom is -0.496 e. The fraction of sp³-hybridized carbons (Fsp3) is 0.125. The summed E-state index contributed by atoms with van der Waals surface area (Å²) >= 11 is 7.40. The van der Waals surface area contributed by atoms with Crippen molar-refractivity contribution >= 4 is 29.1 Å². The van der Waals surface area contributed by atoms with E-state index in [4.69, 9.17) is 16.3 Å². The smallest absolute Gasteiger partial charge is 0.196 e. The number of carbonyl (C=O) groups excluding carboxylic acids is 1. The monoisotopic (exact) mass is 449 g/mol. The van der Waals surface area contributed by atoms with Crippen LogP contribution in [0.25, 0.3) is 17.1 Å². The van der Waals surface area contributed by atoms with Gasteiger partial charge in [0.25, 0.3) is 0 Å². The van der Waals surface area contributed by atoms with Gasteiger partial charge in [0.05, 0.1) is 18.4 Å². The largest absolute Gasteiger partial charge is 0.496 e. The summed E-state index contributed by atoms with van der Waals surface area (Å²) in [6.45, 7) is 2.04. The molecule has 0 N–H and O–H groups in total. The number of hydrogen-bond acceptors (Lipinski definition) is 5. The van der Waals surface area contributed by atoms with Crippen LogP contribution in [0.3, 0.4) is 0 Å². The van der Waals surface area contributed by atoms with Crippen LogP contribution in [-0.2, 0) is 0 Å². The normalized spacial score (nSPS) is 10.8. The zero-order valence-corrected chi connectivity index (χ0v) is 18.7. The number of rotatable bonds is 7. The summed E-state index contributed by atoms with van der Waals surface area (Å²) < 4.78 is 7.28. The molecule has 3 aromatic carbocycles. The number of hydrogen-bond donors (Lipinski definition) is 0. The number of thioether (sulfide) groups is 1. The number of aromatic nitrogens is 3. The molecule has 4 aromatic rings. The molecule has 31 heavy (non-hydrogen) atoms. The first-order chi connectivity index (χ1) is 15.1. The first-order valence-electron chi connectivity index (χ1n) is 9.64. The van der Waals surface area contributed by atoms with Crippen molar-refractivity contribution in [1.82, 2.24) is 14.8 Å². The molecule has 0 spiro atoms. The van der Waals surface area contributed by atoms with Gasteiger partial charge in [0.2, 0.25) is 0 Å². The van der Waals surface area contributed by atoms with Gasteiger partial charge in [0, 0.05) is 16.3 Å². The van der Waals surface area contributed by atoms with E-state index in [1.807, 2.05) is 72.2 Å². The molecule has 0 bridgehead atoms. The predicted molar refractivity (Wildman–Crippen MR) is 125 cm³/mol. The highest BCUT2D eigenvalue weighted by atomic mass is 35.5. The van der Waals surface area contributed by atoms with Crippen molar-refractivity contribution in [3.63, 3.8) is 0 Å². The second-order valence-electron chi connectivity index (χ2n) is 6.90. The van der Waals surface area contributed by atoms with E-state index in [-0.39, 0.29) is 11.5 Å². The Balaban J connectivity index is 1.68. The Morgan fingerprint density at radius 1 is 1.00 bits per heavy atom. The lowest BCUT2D eigenvalue weighted by Gasteiger charge is -2.11. The van der Waals surface area contributed by atoms with E-state index >= 15 is 0 Å². The van der Waals surface area contributed by atoms with Crippen LogP contribution in [0.1, 0.15) is 15.9 Å². The lowest BCUT2D eigenvalue weighted by Crippen LogP contribution is -2.06. The van der Waals surface area contributed by atoms with Gasteiger partial charge in [-0.2, -0.15) is 0 Å². The van der Waals surface area contributed by atoms with E-state index < -0.39 is 0 Å². The van der Waals surface area contributed by atoms with Crippen molar-refractivity contribution in [2.75, 3.05) is 12.9 Å². The molecule has 0 fully saturated rings. The Bertz CT molecular complexity index is 1200. The standard InChI is InChI=1S/C24H20ClN3O2S/c1-16-7-13-19(14-8-16)28-23(17-9-11-18(25)12-10-17)26-27-24(28)31-15-21(29)20-5-3-4-6-22(20)30-2/h3-14H,15H2,1-2H3. The quantitative estimate of drug-likeness (QED) is 0.260. The van der Waals surface area contributed by atoms with Crippen LogP contribution in [0, 0.1) is 6.92 Å². The number of halogens is 1. The summed E-state index contributed by atoms with van der Waals surface area (Å²) in [7, 11) is 1.56. The van der Waals surface area contributed by atoms with Crippen LogP contribution in [0.2, 0.25) is 5.02 Å². The fourth-order valence-electron chi connectivity index (χ4n) is 3.16. The number of ether oxygens (including phenoxy) is 1. The lowest BCUT2D eigenvalue weighted by atomic mass is 10.1. The van der Waals surface area contributed by atoms with Crippen LogP contribution >= 0.6 is 23.4 Å². The van der Waals surface area contributed by atoms with Gasteiger partial charge in [0.1, 0.15) is 5.75 Å². The van der Waals surface area contributed by atoms with Gasteiger partial charge in [-0.05, 0) is 55.5 Å². The molecule has 156 valence electrons. The molecule has 1 aromatic heterocycles. The van der Waals surface area contributed by atoms with Gasteiger partial charge >= 0.3 is 0 Å². The predicted octanol–water partition coefficient (Wildman–Crippen LogP) is 5.88. The summed E-state index contributed by atoms with van der Waals surface area (Å²) in [4.78, 5) is 12.8. The molecule has 5 nitrogen and oxygen atoms in total. The number of para-hydroxylation sites is 1. The van der Waals surface area contributed by atoms with Crippen LogP contribution in [0.4, 0.5) is 0 Å². The molecule has 0 aliphatic heterocycles. The number of ketones is 1. The molecule has 0 amide bonds. The summed E-state index contributed by atoms with van der Waals surface area (Å²) in [6, 6.07) is 22.8.